The van der Waals surface area contributed by atoms with Crippen molar-refractivity contribution in [3.05, 3.63) is 58.3 Å². The summed E-state index contributed by atoms with van der Waals surface area (Å²) in [5, 5.41) is 9.62. The molecule has 94 valence electrons. The van der Waals surface area contributed by atoms with Gasteiger partial charge in [0.1, 0.15) is 17.8 Å². The first kappa shape index (κ1) is 11.6. The zero-order valence-electron chi connectivity index (χ0n) is 9.92. The van der Waals surface area contributed by atoms with E-state index >= 15 is 0 Å². The molecule has 1 aromatic heterocycles. The van der Waals surface area contributed by atoms with Crippen LogP contribution in [0.2, 0.25) is 0 Å². The smallest absolute Gasteiger partial charge is 0.201 e. The van der Waals surface area contributed by atoms with Crippen LogP contribution in [-0.2, 0) is 0 Å². The molecular weight excluding hydrogens is 244 g/mol. The third kappa shape index (κ3) is 1.73. The van der Waals surface area contributed by atoms with Crippen molar-refractivity contribution in [1.82, 2.24) is 0 Å². The van der Waals surface area contributed by atoms with Crippen LogP contribution in [0.3, 0.4) is 0 Å². The number of fused-ring (bicyclic) bond motifs is 2. The highest BCUT2D eigenvalue weighted by Gasteiger charge is 2.15. The molecule has 0 bridgehead atoms. The number of carbonyl (C=O) groups excluding carboxylic acids is 1. The Morgan fingerprint density at radius 2 is 1.79 bits per heavy atom. The highest BCUT2D eigenvalue weighted by atomic mass is 16.3. The average Bonchev–Trinajstić information content (AvgIpc) is 2.46. The number of Topliss-reactive ketones (excluding diaryl/α,β-unsaturated/α-hetero) is 1. The summed E-state index contributed by atoms with van der Waals surface area (Å²) in [5.41, 5.74) is 0.769. The molecule has 0 atom stereocenters. The van der Waals surface area contributed by atoms with Gasteiger partial charge >= 0.3 is 0 Å². The molecule has 0 aliphatic heterocycles. The van der Waals surface area contributed by atoms with Crippen molar-refractivity contribution >= 4 is 27.7 Å². The van der Waals surface area contributed by atoms with Crippen molar-refractivity contribution in [3.8, 4) is 0 Å². The lowest BCUT2D eigenvalue weighted by Gasteiger charge is -2.04. The maximum Gasteiger partial charge on any atom is 0.201 e. The van der Waals surface area contributed by atoms with Gasteiger partial charge in [0, 0.05) is 5.56 Å². The number of hydrogen-bond donors (Lipinski definition) is 1. The Bertz CT molecular complexity index is 846. The second kappa shape index (κ2) is 4.33. The molecule has 0 aliphatic rings. The monoisotopic (exact) mass is 254 g/mol. The Morgan fingerprint density at radius 3 is 2.58 bits per heavy atom. The van der Waals surface area contributed by atoms with Crippen molar-refractivity contribution in [2.45, 2.75) is 0 Å². The molecule has 4 heteroatoms. The van der Waals surface area contributed by atoms with Crippen LogP contribution in [0.4, 0.5) is 0 Å². The van der Waals surface area contributed by atoms with E-state index in [2.05, 4.69) is 0 Å². The highest BCUT2D eigenvalue weighted by molar-refractivity contribution is 6.09. The summed E-state index contributed by atoms with van der Waals surface area (Å²) in [6, 6.07) is 11.7. The molecule has 0 saturated carbocycles. The number of rotatable bonds is 2. The van der Waals surface area contributed by atoms with Crippen LogP contribution in [-0.4, -0.2) is 17.5 Å². The van der Waals surface area contributed by atoms with E-state index in [0.717, 1.165) is 0 Å². The van der Waals surface area contributed by atoms with E-state index < -0.39 is 12.4 Å². The van der Waals surface area contributed by atoms with Crippen molar-refractivity contribution in [2.24, 2.45) is 0 Å². The van der Waals surface area contributed by atoms with Crippen molar-refractivity contribution in [3.63, 3.8) is 0 Å². The maximum atomic E-state index is 12.4. The fourth-order valence-corrected chi connectivity index (χ4v) is 2.16. The van der Waals surface area contributed by atoms with Gasteiger partial charge in [0.2, 0.25) is 5.43 Å². The van der Waals surface area contributed by atoms with Crippen LogP contribution in [0.1, 0.15) is 10.4 Å². The molecule has 4 nitrogen and oxygen atoms in total. The Kier molecular flexibility index (Phi) is 2.65. The molecule has 0 saturated heterocycles. The number of ketones is 1. The van der Waals surface area contributed by atoms with E-state index in [1.807, 2.05) is 0 Å². The van der Waals surface area contributed by atoms with E-state index in [-0.39, 0.29) is 16.4 Å². The number of benzene rings is 2. The first-order valence-corrected chi connectivity index (χ1v) is 5.81. The van der Waals surface area contributed by atoms with E-state index in [1.54, 1.807) is 36.4 Å². The zero-order valence-corrected chi connectivity index (χ0v) is 9.92. The van der Waals surface area contributed by atoms with Crippen LogP contribution >= 0.6 is 0 Å². The van der Waals surface area contributed by atoms with Gasteiger partial charge in [-0.3, -0.25) is 9.59 Å². The Balaban J connectivity index is 2.53. The van der Waals surface area contributed by atoms with Crippen LogP contribution < -0.4 is 5.43 Å². The standard InChI is InChI=1S/C15H10O4/c16-8-11(17)9-5-3-7-13-14(9)15(18)10-4-1-2-6-12(10)19-13/h1-7,16H,8H2. The Hall–Kier alpha value is -2.46. The molecule has 2 aromatic carbocycles. The quantitative estimate of drug-likeness (QED) is 0.562. The molecule has 0 spiro atoms. The lowest BCUT2D eigenvalue weighted by Crippen LogP contribution is -2.11. The molecule has 3 aromatic rings. The van der Waals surface area contributed by atoms with Crippen molar-refractivity contribution in [1.29, 1.82) is 0 Å². The van der Waals surface area contributed by atoms with E-state index in [0.29, 0.717) is 16.6 Å². The summed E-state index contributed by atoms with van der Waals surface area (Å²) in [6.45, 7) is -0.634. The Morgan fingerprint density at radius 1 is 1.05 bits per heavy atom. The van der Waals surface area contributed by atoms with Gasteiger partial charge < -0.3 is 9.52 Å². The largest absolute Gasteiger partial charge is 0.456 e. The number of hydrogen-bond acceptors (Lipinski definition) is 4. The maximum absolute atomic E-state index is 12.4. The van der Waals surface area contributed by atoms with Crippen molar-refractivity contribution < 1.29 is 14.3 Å². The molecule has 1 N–H and O–H groups in total. The van der Waals surface area contributed by atoms with E-state index in [4.69, 9.17) is 9.52 Å². The second-order valence-corrected chi connectivity index (χ2v) is 4.19. The zero-order chi connectivity index (χ0) is 13.4. The average molecular weight is 254 g/mol. The summed E-state index contributed by atoms with van der Waals surface area (Å²) in [6.07, 6.45) is 0. The lowest BCUT2D eigenvalue weighted by atomic mass is 10.0. The van der Waals surface area contributed by atoms with E-state index in [9.17, 15) is 9.59 Å². The fourth-order valence-electron chi connectivity index (χ4n) is 2.16. The van der Waals surface area contributed by atoms with Gasteiger partial charge in [0.05, 0.1) is 10.8 Å². The number of para-hydroxylation sites is 1. The normalized spacial score (nSPS) is 11.0. The predicted octanol–water partition coefficient (Wildman–Crippen LogP) is 2.12. The summed E-state index contributed by atoms with van der Waals surface area (Å²) in [5.74, 6) is -0.492. The SMILES string of the molecule is O=C(CO)c1cccc2oc3ccccc3c(=O)c12. The van der Waals surface area contributed by atoms with Crippen molar-refractivity contribution in [2.75, 3.05) is 6.61 Å². The van der Waals surface area contributed by atoms with Gasteiger partial charge in [0.15, 0.2) is 5.78 Å². The Labute approximate surface area is 107 Å². The molecule has 3 rings (SSSR count). The highest BCUT2D eigenvalue weighted by Crippen LogP contribution is 2.21. The number of aliphatic hydroxyl groups is 1. The van der Waals surface area contributed by atoms with Crippen LogP contribution in [0.15, 0.2) is 51.7 Å². The fraction of sp³-hybridized carbons (Fsp3) is 0.0667. The minimum Gasteiger partial charge on any atom is -0.456 e. The van der Waals surface area contributed by atoms with Gasteiger partial charge in [-0.25, -0.2) is 0 Å². The summed E-state index contributed by atoms with van der Waals surface area (Å²) in [7, 11) is 0. The minimum absolute atomic E-state index is 0.194. The number of carbonyl (C=O) groups is 1. The van der Waals surface area contributed by atoms with Gasteiger partial charge in [-0.1, -0.05) is 24.3 Å². The number of aliphatic hydroxyl groups excluding tert-OH is 1. The molecule has 0 aliphatic carbocycles. The lowest BCUT2D eigenvalue weighted by molar-refractivity contribution is 0.0905. The first-order chi connectivity index (χ1) is 9.22. The third-order valence-electron chi connectivity index (χ3n) is 3.05. The van der Waals surface area contributed by atoms with Crippen LogP contribution in [0, 0.1) is 0 Å². The summed E-state index contributed by atoms with van der Waals surface area (Å²) in [4.78, 5) is 24.1. The van der Waals surface area contributed by atoms with E-state index in [1.165, 1.54) is 6.07 Å². The molecule has 0 radical (unpaired) electrons. The molecule has 0 fully saturated rings. The van der Waals surface area contributed by atoms with Crippen LogP contribution in [0.25, 0.3) is 21.9 Å². The van der Waals surface area contributed by atoms with Gasteiger partial charge in [-0.2, -0.15) is 0 Å². The topological polar surface area (TPSA) is 67.5 Å². The molecular formula is C15H10O4. The third-order valence-corrected chi connectivity index (χ3v) is 3.05. The van der Waals surface area contributed by atoms with Crippen LogP contribution in [0.5, 0.6) is 0 Å². The summed E-state index contributed by atoms with van der Waals surface area (Å²) < 4.78 is 5.63. The van der Waals surface area contributed by atoms with Gasteiger partial charge in [-0.15, -0.1) is 0 Å². The summed E-state index contributed by atoms with van der Waals surface area (Å²) >= 11 is 0. The van der Waals surface area contributed by atoms with Gasteiger partial charge in [0.25, 0.3) is 0 Å². The second-order valence-electron chi connectivity index (χ2n) is 4.19. The minimum atomic E-state index is -0.634. The molecule has 0 amide bonds. The predicted molar refractivity (Wildman–Crippen MR) is 71.4 cm³/mol. The molecule has 1 heterocycles. The molecule has 0 unspecified atom stereocenters. The van der Waals surface area contributed by atoms with Gasteiger partial charge in [-0.05, 0) is 18.2 Å². The molecule has 19 heavy (non-hydrogen) atoms. The first-order valence-electron chi connectivity index (χ1n) is 5.81.